The van der Waals surface area contributed by atoms with Gasteiger partial charge in [0, 0.05) is 15.1 Å². The molecule has 172 valence electrons. The average molecular weight is 554 g/mol. The molecule has 0 fully saturated rings. The first kappa shape index (κ1) is 24.1. The Morgan fingerprint density at radius 1 is 0.765 bits per heavy atom. The topological polar surface area (TPSA) is 75.3 Å². The van der Waals surface area contributed by atoms with E-state index in [1.165, 1.54) is 11.8 Å². The molecule has 0 saturated carbocycles. The lowest BCUT2D eigenvalue weighted by atomic mass is 10.1. The number of hydrogen-bond donors (Lipinski definition) is 2. The van der Waals surface area contributed by atoms with E-state index in [0.717, 1.165) is 14.9 Å². The van der Waals surface area contributed by atoms with Gasteiger partial charge in [-0.15, -0.1) is 11.8 Å². The molecule has 1 amide bonds. The summed E-state index contributed by atoms with van der Waals surface area (Å²) in [5.74, 6) is -0.156. The summed E-state index contributed by atoms with van der Waals surface area (Å²) in [7, 11) is -3.67. The first-order valence-electron chi connectivity index (χ1n) is 10.4. The number of amides is 1. The Hall–Kier alpha value is -3.07. The molecule has 0 saturated heterocycles. The molecule has 34 heavy (non-hydrogen) atoms. The van der Waals surface area contributed by atoms with Crippen LogP contribution in [0.5, 0.6) is 0 Å². The van der Waals surface area contributed by atoms with E-state index in [2.05, 4.69) is 26.0 Å². The molecule has 4 rings (SSSR count). The quantitative estimate of drug-likeness (QED) is 0.238. The molecule has 8 heteroatoms. The number of sulfonamides is 1. The van der Waals surface area contributed by atoms with Crippen LogP contribution in [-0.2, 0) is 14.8 Å². The minimum atomic E-state index is -3.67. The smallest absolute Gasteiger partial charge is 0.261 e. The largest absolute Gasteiger partial charge is 0.324 e. The second kappa shape index (κ2) is 10.9. The van der Waals surface area contributed by atoms with Gasteiger partial charge in [0.25, 0.3) is 10.0 Å². The third-order valence-corrected chi connectivity index (χ3v) is 8.24. The molecule has 4 aromatic carbocycles. The number of rotatable bonds is 8. The molecule has 0 radical (unpaired) electrons. The maximum absolute atomic E-state index is 13.2. The molecule has 1 atom stereocenters. The van der Waals surface area contributed by atoms with Crippen molar-refractivity contribution >= 4 is 55.0 Å². The molecule has 5 nitrogen and oxygen atoms in total. The Bertz CT molecular complexity index is 1360. The van der Waals surface area contributed by atoms with E-state index in [4.69, 9.17) is 0 Å². The van der Waals surface area contributed by atoms with Crippen LogP contribution in [0.25, 0.3) is 0 Å². The zero-order chi connectivity index (χ0) is 24.0. The highest BCUT2D eigenvalue weighted by molar-refractivity contribution is 9.10. The zero-order valence-corrected chi connectivity index (χ0v) is 21.1. The zero-order valence-electron chi connectivity index (χ0n) is 17.9. The van der Waals surface area contributed by atoms with E-state index in [1.54, 1.807) is 54.6 Å². The fourth-order valence-corrected chi connectivity index (χ4v) is 5.70. The maximum Gasteiger partial charge on any atom is 0.261 e. The third-order valence-electron chi connectivity index (χ3n) is 4.89. The van der Waals surface area contributed by atoms with Gasteiger partial charge >= 0.3 is 0 Å². The van der Waals surface area contributed by atoms with Crippen LogP contribution >= 0.6 is 27.7 Å². The van der Waals surface area contributed by atoms with Crippen molar-refractivity contribution in [3.05, 3.63) is 119 Å². The van der Waals surface area contributed by atoms with Crippen molar-refractivity contribution in [1.29, 1.82) is 0 Å². The first-order valence-corrected chi connectivity index (χ1v) is 13.5. The van der Waals surface area contributed by atoms with Gasteiger partial charge in [0.05, 0.1) is 10.6 Å². The van der Waals surface area contributed by atoms with Gasteiger partial charge in [0.2, 0.25) is 5.91 Å². The highest BCUT2D eigenvalue weighted by Crippen LogP contribution is 2.37. The normalized spacial score (nSPS) is 12.0. The van der Waals surface area contributed by atoms with Gasteiger partial charge in [0.15, 0.2) is 0 Å². The summed E-state index contributed by atoms with van der Waals surface area (Å²) >= 11 is 4.86. The van der Waals surface area contributed by atoms with Gasteiger partial charge in [0.1, 0.15) is 5.25 Å². The van der Waals surface area contributed by atoms with Crippen molar-refractivity contribution in [1.82, 2.24) is 0 Å². The van der Waals surface area contributed by atoms with Crippen LogP contribution in [0.4, 0.5) is 11.4 Å². The predicted octanol–water partition coefficient (Wildman–Crippen LogP) is 6.72. The molecular formula is C26H21BrN2O3S2. The fraction of sp³-hybridized carbons (Fsp3) is 0.0385. The highest BCUT2D eigenvalue weighted by atomic mass is 79.9. The number of para-hydroxylation sites is 1. The predicted molar refractivity (Wildman–Crippen MR) is 142 cm³/mol. The standard InChI is InChI=1S/C26H21BrN2O3S2/c27-23-13-7-8-14-24(23)28-26(30)25(19-9-3-1-4-10-19)33-21-17-15-20(16-18-21)29-34(31,32)22-11-5-2-6-12-22/h1-18,25,29H,(H,28,30). The second-order valence-corrected chi connectivity index (χ2v) is 11.0. The van der Waals surface area contributed by atoms with Crippen molar-refractivity contribution in [3.63, 3.8) is 0 Å². The number of halogens is 1. The van der Waals surface area contributed by atoms with Crippen molar-refractivity contribution in [3.8, 4) is 0 Å². The van der Waals surface area contributed by atoms with Gasteiger partial charge in [-0.3, -0.25) is 9.52 Å². The molecule has 2 N–H and O–H groups in total. The summed E-state index contributed by atoms with van der Waals surface area (Å²) in [6, 6.07) is 32.2. The summed E-state index contributed by atoms with van der Waals surface area (Å²) in [6.07, 6.45) is 0. The van der Waals surface area contributed by atoms with E-state index in [1.807, 2.05) is 54.6 Å². The van der Waals surface area contributed by atoms with Gasteiger partial charge < -0.3 is 5.32 Å². The Labute approximate surface area is 211 Å². The van der Waals surface area contributed by atoms with Gasteiger partial charge in [-0.05, 0) is 70.0 Å². The van der Waals surface area contributed by atoms with E-state index in [-0.39, 0.29) is 10.8 Å². The van der Waals surface area contributed by atoms with Crippen LogP contribution < -0.4 is 10.0 Å². The van der Waals surface area contributed by atoms with Crippen LogP contribution in [0, 0.1) is 0 Å². The minimum Gasteiger partial charge on any atom is -0.324 e. The van der Waals surface area contributed by atoms with Gasteiger partial charge in [-0.2, -0.15) is 0 Å². The average Bonchev–Trinajstić information content (AvgIpc) is 2.86. The summed E-state index contributed by atoms with van der Waals surface area (Å²) in [5.41, 5.74) is 2.01. The highest BCUT2D eigenvalue weighted by Gasteiger charge is 2.23. The minimum absolute atomic E-state index is 0.156. The second-order valence-electron chi connectivity index (χ2n) is 7.32. The molecule has 0 aliphatic heterocycles. The van der Waals surface area contributed by atoms with Crippen molar-refractivity contribution < 1.29 is 13.2 Å². The van der Waals surface area contributed by atoms with Crippen molar-refractivity contribution in [2.75, 3.05) is 10.0 Å². The van der Waals surface area contributed by atoms with E-state index < -0.39 is 15.3 Å². The SMILES string of the molecule is O=C(Nc1ccccc1Br)C(Sc1ccc(NS(=O)(=O)c2ccccc2)cc1)c1ccccc1. The van der Waals surface area contributed by atoms with E-state index in [9.17, 15) is 13.2 Å². The molecule has 0 aliphatic carbocycles. The summed E-state index contributed by atoms with van der Waals surface area (Å²) < 4.78 is 28.5. The van der Waals surface area contributed by atoms with Gasteiger partial charge in [-0.25, -0.2) is 8.42 Å². The number of hydrogen-bond acceptors (Lipinski definition) is 4. The summed E-state index contributed by atoms with van der Waals surface area (Å²) in [4.78, 5) is 14.3. The Balaban J connectivity index is 1.52. The molecule has 1 unspecified atom stereocenters. The molecule has 4 aromatic rings. The fourth-order valence-electron chi connectivity index (χ4n) is 3.21. The number of benzene rings is 4. The number of anilines is 2. The number of thioether (sulfide) groups is 1. The van der Waals surface area contributed by atoms with E-state index in [0.29, 0.717) is 11.4 Å². The Morgan fingerprint density at radius 2 is 1.35 bits per heavy atom. The lowest BCUT2D eigenvalue weighted by molar-refractivity contribution is -0.115. The summed E-state index contributed by atoms with van der Waals surface area (Å²) in [6.45, 7) is 0. The van der Waals surface area contributed by atoms with Crippen LogP contribution in [0.1, 0.15) is 10.8 Å². The monoisotopic (exact) mass is 552 g/mol. The lowest BCUT2D eigenvalue weighted by Crippen LogP contribution is -2.19. The lowest BCUT2D eigenvalue weighted by Gasteiger charge is -2.18. The molecule has 0 heterocycles. The Kier molecular flexibility index (Phi) is 7.72. The molecule has 0 aliphatic rings. The van der Waals surface area contributed by atoms with Crippen LogP contribution in [0.3, 0.4) is 0 Å². The maximum atomic E-state index is 13.2. The number of nitrogens with one attached hydrogen (secondary N) is 2. The van der Waals surface area contributed by atoms with Crippen LogP contribution in [-0.4, -0.2) is 14.3 Å². The number of carbonyl (C=O) groups excluding carboxylic acids is 1. The van der Waals surface area contributed by atoms with Crippen molar-refractivity contribution in [2.24, 2.45) is 0 Å². The number of carbonyl (C=O) groups is 1. The molecule has 0 aromatic heterocycles. The summed E-state index contributed by atoms with van der Waals surface area (Å²) in [5, 5.41) is 2.49. The van der Waals surface area contributed by atoms with Crippen LogP contribution in [0.2, 0.25) is 0 Å². The van der Waals surface area contributed by atoms with Crippen LogP contribution in [0.15, 0.2) is 123 Å². The van der Waals surface area contributed by atoms with E-state index >= 15 is 0 Å². The third kappa shape index (κ3) is 6.08. The molecule has 0 bridgehead atoms. The van der Waals surface area contributed by atoms with Crippen molar-refractivity contribution in [2.45, 2.75) is 15.0 Å². The first-order chi connectivity index (χ1) is 16.4. The van der Waals surface area contributed by atoms with Gasteiger partial charge in [-0.1, -0.05) is 60.7 Å². The molecule has 0 spiro atoms. The molecular weight excluding hydrogens is 532 g/mol. The Morgan fingerprint density at radius 3 is 2.00 bits per heavy atom.